The zero-order chi connectivity index (χ0) is 15.5. The van der Waals surface area contributed by atoms with Gasteiger partial charge in [0.1, 0.15) is 17.2 Å². The van der Waals surface area contributed by atoms with Crippen LogP contribution in [0.2, 0.25) is 0 Å². The van der Waals surface area contributed by atoms with Crippen LogP contribution < -0.4 is 0 Å². The fourth-order valence-corrected chi connectivity index (χ4v) is 3.85. The molecule has 2 rings (SSSR count). The third-order valence-corrected chi connectivity index (χ3v) is 5.29. The fraction of sp³-hybridized carbons (Fsp3) is 0.692. The maximum Gasteiger partial charge on any atom is 0.309 e. The van der Waals surface area contributed by atoms with Gasteiger partial charge in [-0.3, -0.25) is 4.79 Å². The zero-order valence-corrected chi connectivity index (χ0v) is 13.1. The van der Waals surface area contributed by atoms with Crippen LogP contribution in [0.4, 0.5) is 0 Å². The van der Waals surface area contributed by atoms with Gasteiger partial charge in [-0.25, -0.2) is 12.7 Å². The zero-order valence-electron chi connectivity index (χ0n) is 12.2. The minimum Gasteiger partial charge on any atom is -0.466 e. The van der Waals surface area contributed by atoms with E-state index >= 15 is 0 Å². The van der Waals surface area contributed by atoms with Gasteiger partial charge in [0.25, 0.3) is 0 Å². The monoisotopic (exact) mass is 316 g/mol. The van der Waals surface area contributed by atoms with Crippen molar-refractivity contribution < 1.29 is 22.5 Å². The summed E-state index contributed by atoms with van der Waals surface area (Å²) in [5.74, 6) is -0.0254. The molecule has 1 aromatic rings. The third-order valence-electron chi connectivity index (χ3n) is 3.47. The lowest BCUT2D eigenvalue weighted by molar-refractivity contribution is -0.149. The minimum atomic E-state index is -3.43. The number of carbonyl (C=O) groups excluding carboxylic acids is 1. The molecule has 0 aliphatic carbocycles. The van der Waals surface area contributed by atoms with Crippen LogP contribution in [0.3, 0.4) is 0 Å². The topological polar surface area (TPSA) is 89.7 Å². The van der Waals surface area contributed by atoms with Gasteiger partial charge in [-0.15, -0.1) is 0 Å². The van der Waals surface area contributed by atoms with Gasteiger partial charge >= 0.3 is 5.97 Å². The highest BCUT2D eigenvalue weighted by Crippen LogP contribution is 2.22. The first kappa shape index (κ1) is 16.0. The molecule has 118 valence electrons. The van der Waals surface area contributed by atoms with Crippen molar-refractivity contribution in [2.75, 3.05) is 19.7 Å². The largest absolute Gasteiger partial charge is 0.466 e. The molecule has 0 radical (unpaired) electrons. The summed E-state index contributed by atoms with van der Waals surface area (Å²) in [6.45, 7) is 4.50. The van der Waals surface area contributed by atoms with E-state index in [1.807, 2.05) is 0 Å². The first-order valence-corrected chi connectivity index (χ1v) is 8.60. The van der Waals surface area contributed by atoms with Crippen LogP contribution in [0.1, 0.15) is 31.2 Å². The molecule has 0 spiro atoms. The van der Waals surface area contributed by atoms with Gasteiger partial charge < -0.3 is 9.26 Å². The Labute approximate surface area is 124 Å². The van der Waals surface area contributed by atoms with Gasteiger partial charge in [-0.2, -0.15) is 0 Å². The molecule has 21 heavy (non-hydrogen) atoms. The maximum absolute atomic E-state index is 12.3. The lowest BCUT2D eigenvalue weighted by Crippen LogP contribution is -2.41. The number of piperidine rings is 1. The predicted octanol–water partition coefficient (Wildman–Crippen LogP) is 1.09. The molecular weight excluding hydrogens is 296 g/mol. The van der Waals surface area contributed by atoms with Crippen LogP contribution >= 0.6 is 0 Å². The minimum absolute atomic E-state index is 0.172. The lowest BCUT2D eigenvalue weighted by atomic mass is 9.98. The first-order chi connectivity index (χ1) is 9.92. The Balaban J connectivity index is 1.93. The van der Waals surface area contributed by atoms with Gasteiger partial charge in [0.05, 0.1) is 12.5 Å². The molecule has 0 aromatic carbocycles. The van der Waals surface area contributed by atoms with Crippen molar-refractivity contribution in [2.45, 2.75) is 32.4 Å². The highest BCUT2D eigenvalue weighted by molar-refractivity contribution is 7.88. The van der Waals surface area contributed by atoms with Crippen molar-refractivity contribution in [3.05, 3.63) is 17.5 Å². The Hall–Kier alpha value is -1.41. The Morgan fingerprint density at radius 1 is 1.48 bits per heavy atom. The van der Waals surface area contributed by atoms with Crippen LogP contribution in [-0.2, 0) is 25.3 Å². The third kappa shape index (κ3) is 4.04. The van der Waals surface area contributed by atoms with Gasteiger partial charge in [0, 0.05) is 19.2 Å². The van der Waals surface area contributed by atoms with E-state index in [2.05, 4.69) is 5.16 Å². The highest BCUT2D eigenvalue weighted by Gasteiger charge is 2.32. The molecule has 1 aromatic heterocycles. The molecule has 0 saturated carbocycles. The Bertz CT molecular complexity index is 587. The summed E-state index contributed by atoms with van der Waals surface area (Å²) in [5.41, 5.74) is 0.403. The SMILES string of the molecule is CCOC(=O)C1CCN(S(=O)(=O)Cc2cc(C)on2)CC1. The van der Waals surface area contributed by atoms with Gasteiger partial charge in [0.15, 0.2) is 0 Å². The second-order valence-electron chi connectivity index (χ2n) is 5.11. The molecule has 0 unspecified atom stereocenters. The maximum atomic E-state index is 12.3. The van der Waals surface area contributed by atoms with E-state index in [1.54, 1.807) is 19.9 Å². The second kappa shape index (κ2) is 6.57. The summed E-state index contributed by atoms with van der Waals surface area (Å²) >= 11 is 0. The summed E-state index contributed by atoms with van der Waals surface area (Å²) in [7, 11) is -3.43. The molecule has 1 aliphatic rings. The van der Waals surface area contributed by atoms with E-state index in [-0.39, 0.29) is 17.6 Å². The summed E-state index contributed by atoms with van der Waals surface area (Å²) in [6.07, 6.45) is 0.992. The fourth-order valence-electron chi connectivity index (χ4n) is 2.39. The van der Waals surface area contributed by atoms with Crippen molar-refractivity contribution in [3.8, 4) is 0 Å². The van der Waals surface area contributed by atoms with Gasteiger partial charge in [-0.1, -0.05) is 5.16 Å². The summed E-state index contributed by atoms with van der Waals surface area (Å²) < 4.78 is 35.8. The number of rotatable bonds is 5. The molecule has 7 nitrogen and oxygen atoms in total. The summed E-state index contributed by atoms with van der Waals surface area (Å²) in [4.78, 5) is 11.6. The first-order valence-electron chi connectivity index (χ1n) is 6.99. The predicted molar refractivity (Wildman–Crippen MR) is 74.8 cm³/mol. The number of hydrogen-bond donors (Lipinski definition) is 0. The highest BCUT2D eigenvalue weighted by atomic mass is 32.2. The van der Waals surface area contributed by atoms with Gasteiger partial charge in [-0.05, 0) is 26.7 Å². The second-order valence-corrected chi connectivity index (χ2v) is 7.08. The van der Waals surface area contributed by atoms with Gasteiger partial charge in [0.2, 0.25) is 10.0 Å². The van der Waals surface area contributed by atoms with Crippen molar-refractivity contribution in [3.63, 3.8) is 0 Å². The molecule has 0 atom stereocenters. The van der Waals surface area contributed by atoms with Crippen LogP contribution in [0.5, 0.6) is 0 Å². The number of nitrogens with zero attached hydrogens (tertiary/aromatic N) is 2. The van der Waals surface area contributed by atoms with E-state index in [0.29, 0.717) is 44.0 Å². The van der Waals surface area contributed by atoms with Crippen molar-refractivity contribution >= 4 is 16.0 Å². The number of hydrogen-bond acceptors (Lipinski definition) is 6. The molecule has 1 fully saturated rings. The molecule has 0 amide bonds. The summed E-state index contributed by atoms with van der Waals surface area (Å²) in [5, 5.41) is 3.71. The molecular formula is C13H20N2O5S. The van der Waals surface area contributed by atoms with E-state index in [0.717, 1.165) is 0 Å². The molecule has 8 heteroatoms. The smallest absolute Gasteiger partial charge is 0.309 e. The number of carbonyl (C=O) groups is 1. The Kier molecular flexibility index (Phi) is 5.00. The molecule has 0 bridgehead atoms. The Morgan fingerprint density at radius 3 is 2.67 bits per heavy atom. The number of aryl methyl sites for hydroxylation is 1. The van der Waals surface area contributed by atoms with Crippen LogP contribution in [0, 0.1) is 12.8 Å². The van der Waals surface area contributed by atoms with E-state index in [1.165, 1.54) is 4.31 Å². The quantitative estimate of drug-likeness (QED) is 0.755. The normalized spacial score (nSPS) is 17.8. The number of ether oxygens (including phenoxy) is 1. The number of esters is 1. The van der Waals surface area contributed by atoms with Crippen LogP contribution in [0.15, 0.2) is 10.6 Å². The number of aromatic nitrogens is 1. The molecule has 0 N–H and O–H groups in total. The van der Waals surface area contributed by atoms with Crippen molar-refractivity contribution in [1.82, 2.24) is 9.46 Å². The van der Waals surface area contributed by atoms with E-state index < -0.39 is 10.0 Å². The van der Waals surface area contributed by atoms with E-state index in [4.69, 9.17) is 9.26 Å². The number of sulfonamides is 1. The molecule has 2 heterocycles. The van der Waals surface area contributed by atoms with Crippen LogP contribution in [-0.4, -0.2) is 43.5 Å². The average Bonchev–Trinajstić information content (AvgIpc) is 2.84. The Morgan fingerprint density at radius 2 is 2.14 bits per heavy atom. The van der Waals surface area contributed by atoms with Crippen molar-refractivity contribution in [1.29, 1.82) is 0 Å². The standard InChI is InChI=1S/C13H20N2O5S/c1-3-19-13(16)11-4-6-15(7-5-11)21(17,18)9-12-8-10(2)20-14-12/h8,11H,3-7,9H2,1-2H3. The van der Waals surface area contributed by atoms with Crippen LogP contribution in [0.25, 0.3) is 0 Å². The summed E-state index contributed by atoms with van der Waals surface area (Å²) in [6, 6.07) is 1.61. The molecule has 1 aliphatic heterocycles. The lowest BCUT2D eigenvalue weighted by Gasteiger charge is -2.29. The molecule has 1 saturated heterocycles. The van der Waals surface area contributed by atoms with Crippen molar-refractivity contribution in [2.24, 2.45) is 5.92 Å². The average molecular weight is 316 g/mol. The van der Waals surface area contributed by atoms with E-state index in [9.17, 15) is 13.2 Å².